The van der Waals surface area contributed by atoms with E-state index >= 15 is 0 Å². The van der Waals surface area contributed by atoms with Crippen molar-refractivity contribution in [2.75, 3.05) is 20.1 Å². The van der Waals surface area contributed by atoms with Gasteiger partial charge in [0.15, 0.2) is 0 Å². The third-order valence-electron chi connectivity index (χ3n) is 4.01. The Hall–Kier alpha value is -0.900. The van der Waals surface area contributed by atoms with E-state index in [0.717, 1.165) is 19.0 Å². The quantitative estimate of drug-likeness (QED) is 0.918. The lowest BCUT2D eigenvalue weighted by atomic mass is 10.1. The van der Waals surface area contributed by atoms with Gasteiger partial charge >= 0.3 is 0 Å². The van der Waals surface area contributed by atoms with E-state index in [1.54, 1.807) is 5.56 Å². The second kappa shape index (κ2) is 5.61. The number of rotatable bonds is 4. The number of thiophene rings is 1. The van der Waals surface area contributed by atoms with Crippen LogP contribution in [0.1, 0.15) is 23.8 Å². The SMILES string of the molecule is CNCc1sc2ccccc2c1CN1CCC(C)C1. The van der Waals surface area contributed by atoms with Gasteiger partial charge in [0.1, 0.15) is 0 Å². The highest BCUT2D eigenvalue weighted by atomic mass is 32.1. The molecule has 102 valence electrons. The molecule has 1 atom stereocenters. The van der Waals surface area contributed by atoms with Crippen molar-refractivity contribution >= 4 is 21.4 Å². The molecule has 1 aromatic carbocycles. The second-order valence-corrected chi connectivity index (χ2v) is 6.80. The molecule has 1 unspecified atom stereocenters. The maximum Gasteiger partial charge on any atom is 0.0349 e. The number of likely N-dealkylation sites (tertiary alicyclic amines) is 1. The molecule has 1 N–H and O–H groups in total. The standard InChI is InChI=1S/C16H22N2S/c1-12-7-8-18(10-12)11-14-13-5-3-4-6-15(13)19-16(14)9-17-2/h3-6,12,17H,7-11H2,1-2H3. The first-order valence-electron chi connectivity index (χ1n) is 7.14. The summed E-state index contributed by atoms with van der Waals surface area (Å²) in [5.74, 6) is 0.859. The minimum atomic E-state index is 0.859. The van der Waals surface area contributed by atoms with Gasteiger partial charge in [-0.05, 0) is 42.9 Å². The van der Waals surface area contributed by atoms with Gasteiger partial charge in [0.2, 0.25) is 0 Å². The van der Waals surface area contributed by atoms with E-state index in [2.05, 4.69) is 41.4 Å². The fraction of sp³-hybridized carbons (Fsp3) is 0.500. The lowest BCUT2D eigenvalue weighted by Gasteiger charge is -2.16. The van der Waals surface area contributed by atoms with Crippen LogP contribution in [0.2, 0.25) is 0 Å². The lowest BCUT2D eigenvalue weighted by Crippen LogP contribution is -2.20. The summed E-state index contributed by atoms with van der Waals surface area (Å²) in [6.07, 6.45) is 1.35. The van der Waals surface area contributed by atoms with Crippen LogP contribution in [0.25, 0.3) is 10.1 Å². The van der Waals surface area contributed by atoms with E-state index in [1.807, 2.05) is 18.4 Å². The van der Waals surface area contributed by atoms with Gasteiger partial charge < -0.3 is 5.32 Å². The van der Waals surface area contributed by atoms with Crippen LogP contribution in [0.3, 0.4) is 0 Å². The highest BCUT2D eigenvalue weighted by Gasteiger charge is 2.21. The molecule has 1 aliphatic heterocycles. The zero-order valence-corrected chi connectivity index (χ0v) is 12.6. The minimum absolute atomic E-state index is 0.859. The average Bonchev–Trinajstić information content (AvgIpc) is 2.96. The van der Waals surface area contributed by atoms with E-state index in [0.29, 0.717) is 0 Å². The van der Waals surface area contributed by atoms with Gasteiger partial charge in [-0.15, -0.1) is 11.3 Å². The smallest absolute Gasteiger partial charge is 0.0349 e. The molecule has 1 fully saturated rings. The van der Waals surface area contributed by atoms with Crippen molar-refractivity contribution in [2.45, 2.75) is 26.4 Å². The molecule has 19 heavy (non-hydrogen) atoms. The van der Waals surface area contributed by atoms with Crippen molar-refractivity contribution < 1.29 is 0 Å². The molecule has 0 aliphatic carbocycles. The minimum Gasteiger partial charge on any atom is -0.315 e. The summed E-state index contributed by atoms with van der Waals surface area (Å²) in [7, 11) is 2.03. The number of hydrogen-bond acceptors (Lipinski definition) is 3. The molecule has 1 aromatic heterocycles. The van der Waals surface area contributed by atoms with Gasteiger partial charge in [-0.3, -0.25) is 4.90 Å². The largest absolute Gasteiger partial charge is 0.315 e. The number of nitrogens with zero attached hydrogens (tertiary/aromatic N) is 1. The van der Waals surface area contributed by atoms with Crippen LogP contribution in [0.5, 0.6) is 0 Å². The highest BCUT2D eigenvalue weighted by Crippen LogP contribution is 2.33. The van der Waals surface area contributed by atoms with E-state index in [-0.39, 0.29) is 0 Å². The molecule has 0 bridgehead atoms. The van der Waals surface area contributed by atoms with Crippen LogP contribution in [-0.4, -0.2) is 25.0 Å². The first-order valence-corrected chi connectivity index (χ1v) is 7.96. The van der Waals surface area contributed by atoms with Crippen molar-refractivity contribution in [3.05, 3.63) is 34.7 Å². The maximum absolute atomic E-state index is 3.31. The first-order chi connectivity index (χ1) is 9.28. The summed E-state index contributed by atoms with van der Waals surface area (Å²) < 4.78 is 1.43. The van der Waals surface area contributed by atoms with Gasteiger partial charge in [-0.25, -0.2) is 0 Å². The van der Waals surface area contributed by atoms with Crippen LogP contribution < -0.4 is 5.32 Å². The number of hydrogen-bond donors (Lipinski definition) is 1. The van der Waals surface area contributed by atoms with Crippen molar-refractivity contribution in [1.29, 1.82) is 0 Å². The van der Waals surface area contributed by atoms with Crippen molar-refractivity contribution in [1.82, 2.24) is 10.2 Å². The van der Waals surface area contributed by atoms with Crippen molar-refractivity contribution in [3.63, 3.8) is 0 Å². The fourth-order valence-electron chi connectivity index (χ4n) is 3.02. The van der Waals surface area contributed by atoms with Gasteiger partial charge in [-0.1, -0.05) is 25.1 Å². The van der Waals surface area contributed by atoms with Crippen LogP contribution in [-0.2, 0) is 13.1 Å². The molecular formula is C16H22N2S. The molecule has 1 saturated heterocycles. The van der Waals surface area contributed by atoms with Crippen LogP contribution >= 0.6 is 11.3 Å². The van der Waals surface area contributed by atoms with Gasteiger partial charge in [-0.2, -0.15) is 0 Å². The lowest BCUT2D eigenvalue weighted by molar-refractivity contribution is 0.321. The summed E-state index contributed by atoms with van der Waals surface area (Å²) in [5, 5.41) is 4.77. The predicted octanol–water partition coefficient (Wildman–Crippen LogP) is 3.46. The Morgan fingerprint density at radius 3 is 2.95 bits per heavy atom. The molecule has 3 rings (SSSR count). The Kier molecular flexibility index (Phi) is 3.87. The third-order valence-corrected chi connectivity index (χ3v) is 5.22. The monoisotopic (exact) mass is 274 g/mol. The van der Waals surface area contributed by atoms with Crippen LogP contribution in [0.4, 0.5) is 0 Å². The molecule has 3 heteroatoms. The molecule has 2 aromatic rings. The highest BCUT2D eigenvalue weighted by molar-refractivity contribution is 7.19. The molecule has 0 spiro atoms. The molecule has 1 aliphatic rings. The molecule has 2 nitrogen and oxygen atoms in total. The Labute approximate surface area is 119 Å². The summed E-state index contributed by atoms with van der Waals surface area (Å²) in [4.78, 5) is 4.11. The van der Waals surface area contributed by atoms with Crippen LogP contribution in [0.15, 0.2) is 24.3 Å². The summed E-state index contributed by atoms with van der Waals surface area (Å²) >= 11 is 1.94. The van der Waals surface area contributed by atoms with Crippen LogP contribution in [0, 0.1) is 5.92 Å². The van der Waals surface area contributed by atoms with Gasteiger partial charge in [0, 0.05) is 29.2 Å². The number of benzene rings is 1. The fourth-order valence-corrected chi connectivity index (χ4v) is 4.25. The first kappa shape index (κ1) is 13.1. The molecular weight excluding hydrogens is 252 g/mol. The van der Waals surface area contributed by atoms with E-state index < -0.39 is 0 Å². The normalized spacial score (nSPS) is 20.4. The third kappa shape index (κ3) is 2.69. The summed E-state index contributed by atoms with van der Waals surface area (Å²) in [6.45, 7) is 6.97. The van der Waals surface area contributed by atoms with Gasteiger partial charge in [0.25, 0.3) is 0 Å². The Morgan fingerprint density at radius 2 is 2.21 bits per heavy atom. The second-order valence-electron chi connectivity index (χ2n) is 5.66. The molecule has 0 amide bonds. The molecule has 2 heterocycles. The molecule has 0 saturated carbocycles. The summed E-state index contributed by atoms with van der Waals surface area (Å²) in [5.41, 5.74) is 1.55. The Bertz CT molecular complexity index is 561. The van der Waals surface area contributed by atoms with Crippen molar-refractivity contribution in [3.8, 4) is 0 Å². The number of nitrogens with one attached hydrogen (secondary N) is 1. The average molecular weight is 274 g/mol. The van der Waals surface area contributed by atoms with E-state index in [4.69, 9.17) is 0 Å². The Morgan fingerprint density at radius 1 is 1.37 bits per heavy atom. The number of fused-ring (bicyclic) bond motifs is 1. The van der Waals surface area contributed by atoms with Crippen molar-refractivity contribution in [2.24, 2.45) is 5.92 Å². The predicted molar refractivity (Wildman–Crippen MR) is 83.6 cm³/mol. The molecule has 0 radical (unpaired) electrons. The summed E-state index contributed by atoms with van der Waals surface area (Å²) in [6, 6.07) is 8.83. The zero-order valence-electron chi connectivity index (χ0n) is 11.8. The Balaban J connectivity index is 1.93. The van der Waals surface area contributed by atoms with Gasteiger partial charge in [0.05, 0.1) is 0 Å². The maximum atomic E-state index is 3.31. The van der Waals surface area contributed by atoms with E-state index in [1.165, 1.54) is 34.5 Å². The van der Waals surface area contributed by atoms with E-state index in [9.17, 15) is 0 Å². The topological polar surface area (TPSA) is 15.3 Å². The zero-order chi connectivity index (χ0) is 13.2.